The van der Waals surface area contributed by atoms with Crippen molar-refractivity contribution in [2.45, 2.75) is 49.9 Å². The van der Waals surface area contributed by atoms with Gasteiger partial charge in [-0.25, -0.2) is 4.79 Å². The van der Waals surface area contributed by atoms with Gasteiger partial charge in [-0.3, -0.25) is 19.4 Å². The first-order chi connectivity index (χ1) is 19.1. The third kappa shape index (κ3) is 11.3. The number of carbonyl (C=O) groups excluding carboxylic acids is 3. The van der Waals surface area contributed by atoms with Gasteiger partial charge in [0.15, 0.2) is 5.96 Å². The SMILES string of the molecule is NC(N)=NCCCC(NC(=O)C(Cc1ccccc1)NC(=O)C(N)Cc1ccccc1)C(=O)NC(CS)C(=O)O. The molecular formula is C27H37N7O5S. The van der Waals surface area contributed by atoms with Crippen LogP contribution in [0.15, 0.2) is 65.7 Å². The number of aliphatic carboxylic acids is 1. The van der Waals surface area contributed by atoms with Gasteiger partial charge in [0, 0.05) is 18.7 Å². The minimum Gasteiger partial charge on any atom is -0.480 e. The minimum absolute atomic E-state index is 0.104. The number of thiol groups is 1. The Bertz CT molecular complexity index is 1150. The summed E-state index contributed by atoms with van der Waals surface area (Å²) in [5, 5.41) is 17.1. The number of hydrogen-bond donors (Lipinski definition) is 8. The molecule has 3 amide bonds. The van der Waals surface area contributed by atoms with Crippen LogP contribution < -0.4 is 33.2 Å². The van der Waals surface area contributed by atoms with Gasteiger partial charge in [0.2, 0.25) is 17.7 Å². The van der Waals surface area contributed by atoms with Crippen LogP contribution in [0.5, 0.6) is 0 Å². The van der Waals surface area contributed by atoms with E-state index >= 15 is 0 Å². The second-order valence-corrected chi connectivity index (χ2v) is 9.50. The molecule has 0 aliphatic heterocycles. The number of carboxylic acid groups (broad SMARTS) is 1. The second kappa shape index (κ2) is 16.8. The number of benzene rings is 2. The molecule has 10 N–H and O–H groups in total. The molecule has 0 fully saturated rings. The number of carboxylic acids is 1. The summed E-state index contributed by atoms with van der Waals surface area (Å²) in [6, 6.07) is 13.9. The molecule has 12 nitrogen and oxygen atoms in total. The Labute approximate surface area is 238 Å². The zero-order valence-electron chi connectivity index (χ0n) is 22.0. The first-order valence-corrected chi connectivity index (χ1v) is 13.4. The second-order valence-electron chi connectivity index (χ2n) is 9.14. The van der Waals surface area contributed by atoms with Gasteiger partial charge in [0.05, 0.1) is 6.04 Å². The highest BCUT2D eigenvalue weighted by molar-refractivity contribution is 7.80. The number of guanidine groups is 1. The Morgan fingerprint density at radius 2 is 1.27 bits per heavy atom. The van der Waals surface area contributed by atoms with E-state index in [0.29, 0.717) is 6.42 Å². The fraction of sp³-hybridized carbons (Fsp3) is 0.370. The largest absolute Gasteiger partial charge is 0.480 e. The Kier molecular flexibility index (Phi) is 13.5. The van der Waals surface area contributed by atoms with Gasteiger partial charge in [0.1, 0.15) is 18.1 Å². The minimum atomic E-state index is -1.27. The number of amides is 3. The molecule has 0 aromatic heterocycles. The summed E-state index contributed by atoms with van der Waals surface area (Å²) in [6.45, 7) is 0.190. The molecule has 0 saturated heterocycles. The van der Waals surface area contributed by atoms with Gasteiger partial charge in [-0.05, 0) is 30.4 Å². The number of nitrogens with one attached hydrogen (secondary N) is 3. The molecule has 2 aromatic carbocycles. The molecule has 2 rings (SSSR count). The number of nitrogens with two attached hydrogens (primary N) is 3. The fourth-order valence-corrected chi connectivity index (χ4v) is 4.05. The van der Waals surface area contributed by atoms with Crippen molar-refractivity contribution >= 4 is 42.3 Å². The average molecular weight is 572 g/mol. The number of nitrogens with zero attached hydrogens (tertiary/aromatic N) is 1. The first-order valence-electron chi connectivity index (χ1n) is 12.7. The lowest BCUT2D eigenvalue weighted by molar-refractivity contribution is -0.141. The van der Waals surface area contributed by atoms with Crippen LogP contribution in [0.4, 0.5) is 0 Å². The maximum atomic E-state index is 13.5. The molecule has 4 unspecified atom stereocenters. The van der Waals surface area contributed by atoms with Crippen molar-refractivity contribution in [3.05, 3.63) is 71.8 Å². The van der Waals surface area contributed by atoms with Crippen molar-refractivity contribution in [3.8, 4) is 0 Å². The maximum Gasteiger partial charge on any atom is 0.327 e. The van der Waals surface area contributed by atoms with Gasteiger partial charge in [-0.1, -0.05) is 60.7 Å². The summed E-state index contributed by atoms with van der Waals surface area (Å²) in [6.07, 6.45) is 0.814. The first kappa shape index (κ1) is 32.1. The highest BCUT2D eigenvalue weighted by Crippen LogP contribution is 2.08. The van der Waals surface area contributed by atoms with E-state index in [4.69, 9.17) is 17.2 Å². The van der Waals surface area contributed by atoms with E-state index in [1.54, 1.807) is 24.3 Å². The zero-order valence-corrected chi connectivity index (χ0v) is 22.9. The van der Waals surface area contributed by atoms with Crippen molar-refractivity contribution in [3.63, 3.8) is 0 Å². The normalized spacial score (nSPS) is 13.7. The molecule has 0 heterocycles. The van der Waals surface area contributed by atoms with Crippen molar-refractivity contribution in [2.75, 3.05) is 12.3 Å². The lowest BCUT2D eigenvalue weighted by atomic mass is 10.0. The fourth-order valence-electron chi connectivity index (χ4n) is 3.80. The number of hydrogen-bond acceptors (Lipinski definition) is 7. The topological polar surface area (TPSA) is 215 Å². The molecule has 0 bridgehead atoms. The molecule has 40 heavy (non-hydrogen) atoms. The summed E-state index contributed by atoms with van der Waals surface area (Å²) in [4.78, 5) is 54.7. The van der Waals surface area contributed by atoms with Gasteiger partial charge in [0.25, 0.3) is 0 Å². The lowest BCUT2D eigenvalue weighted by Gasteiger charge is -2.25. The van der Waals surface area contributed by atoms with Gasteiger partial charge >= 0.3 is 5.97 Å². The highest BCUT2D eigenvalue weighted by atomic mass is 32.1. The average Bonchev–Trinajstić information content (AvgIpc) is 2.93. The highest BCUT2D eigenvalue weighted by Gasteiger charge is 2.30. The van der Waals surface area contributed by atoms with Gasteiger partial charge in [-0.15, -0.1) is 0 Å². The molecule has 0 spiro atoms. The van der Waals surface area contributed by atoms with Crippen molar-refractivity contribution in [1.29, 1.82) is 0 Å². The number of aliphatic imine (C=N–C) groups is 1. The van der Waals surface area contributed by atoms with Crippen molar-refractivity contribution < 1.29 is 24.3 Å². The molecule has 2 aromatic rings. The molecular weight excluding hydrogens is 534 g/mol. The summed E-state index contributed by atoms with van der Waals surface area (Å²) in [5.41, 5.74) is 18.5. The van der Waals surface area contributed by atoms with Gasteiger partial charge < -0.3 is 38.3 Å². The van der Waals surface area contributed by atoms with E-state index in [-0.39, 0.29) is 37.5 Å². The number of carbonyl (C=O) groups is 4. The lowest BCUT2D eigenvalue weighted by Crippen LogP contribution is -2.58. The van der Waals surface area contributed by atoms with Crippen LogP contribution in [-0.4, -0.2) is 71.2 Å². The molecule has 0 aliphatic rings. The van der Waals surface area contributed by atoms with Crippen LogP contribution >= 0.6 is 12.6 Å². The summed E-state index contributed by atoms with van der Waals surface area (Å²) in [5.74, 6) is -3.43. The predicted octanol–water partition coefficient (Wildman–Crippen LogP) is -0.678. The Hall–Kier alpha value is -4.10. The maximum absolute atomic E-state index is 13.5. The van der Waals surface area contributed by atoms with Crippen LogP contribution in [-0.2, 0) is 32.0 Å². The van der Waals surface area contributed by atoms with Gasteiger partial charge in [-0.2, -0.15) is 12.6 Å². The van der Waals surface area contributed by atoms with Crippen LogP contribution in [0.25, 0.3) is 0 Å². The standard InChI is InChI=1S/C27H37N7O5S/c28-19(14-17-8-3-1-4-9-17)23(35)33-21(15-18-10-5-2-6-11-18)25(37)32-20(12-7-13-31-27(29)30)24(36)34-22(16-40)26(38)39/h1-6,8-11,19-22,40H,7,12-16,28H2,(H,32,37)(H,33,35)(H,34,36)(H,38,39)(H4,29,30,31). The third-order valence-corrected chi connectivity index (χ3v) is 6.29. The summed E-state index contributed by atoms with van der Waals surface area (Å²) < 4.78 is 0. The van der Waals surface area contributed by atoms with Crippen LogP contribution in [0, 0.1) is 0 Å². The van der Waals surface area contributed by atoms with E-state index in [1.807, 2.05) is 36.4 Å². The molecule has 4 atom stereocenters. The number of rotatable bonds is 16. The Morgan fingerprint density at radius 3 is 1.80 bits per heavy atom. The molecule has 13 heteroatoms. The molecule has 216 valence electrons. The molecule has 0 radical (unpaired) electrons. The monoisotopic (exact) mass is 571 g/mol. The molecule has 0 saturated carbocycles. The summed E-state index contributed by atoms with van der Waals surface area (Å²) in [7, 11) is 0. The van der Waals surface area contributed by atoms with Crippen LogP contribution in [0.1, 0.15) is 24.0 Å². The van der Waals surface area contributed by atoms with E-state index in [2.05, 4.69) is 33.6 Å². The van der Waals surface area contributed by atoms with Crippen LogP contribution in [0.2, 0.25) is 0 Å². The van der Waals surface area contributed by atoms with Crippen molar-refractivity contribution in [2.24, 2.45) is 22.2 Å². The Balaban J connectivity index is 2.21. The van der Waals surface area contributed by atoms with Crippen molar-refractivity contribution in [1.82, 2.24) is 16.0 Å². The molecule has 0 aliphatic carbocycles. The zero-order chi connectivity index (χ0) is 29.5. The van der Waals surface area contributed by atoms with E-state index in [0.717, 1.165) is 11.1 Å². The van der Waals surface area contributed by atoms with E-state index in [9.17, 15) is 24.3 Å². The van der Waals surface area contributed by atoms with E-state index in [1.165, 1.54) is 0 Å². The predicted molar refractivity (Wildman–Crippen MR) is 155 cm³/mol. The third-order valence-electron chi connectivity index (χ3n) is 5.93. The Morgan fingerprint density at radius 1 is 0.775 bits per heavy atom. The summed E-state index contributed by atoms with van der Waals surface area (Å²) >= 11 is 3.97. The van der Waals surface area contributed by atoms with E-state index < -0.39 is 47.9 Å². The quantitative estimate of drug-likeness (QED) is 0.0558. The van der Waals surface area contributed by atoms with Crippen LogP contribution in [0.3, 0.4) is 0 Å². The smallest absolute Gasteiger partial charge is 0.327 e.